The molecule has 0 aliphatic heterocycles. The average Bonchev–Trinajstić information content (AvgIpc) is 2.77. The van der Waals surface area contributed by atoms with Gasteiger partial charge in [0.1, 0.15) is 5.69 Å². The van der Waals surface area contributed by atoms with Crippen LogP contribution in [-0.2, 0) is 11.8 Å². The Balaban J connectivity index is 2.27. The van der Waals surface area contributed by atoms with Crippen molar-refractivity contribution in [1.29, 1.82) is 0 Å². The number of hydrogen-bond acceptors (Lipinski definition) is 3. The van der Waals surface area contributed by atoms with Crippen LogP contribution in [-0.4, -0.2) is 26.8 Å². The van der Waals surface area contributed by atoms with E-state index >= 15 is 0 Å². The van der Waals surface area contributed by atoms with E-state index < -0.39 is 12.0 Å². The van der Waals surface area contributed by atoms with Crippen LogP contribution in [0.5, 0.6) is 0 Å². The van der Waals surface area contributed by atoms with Crippen molar-refractivity contribution in [3.05, 3.63) is 52.8 Å². The number of aromatic nitrogens is 2. The number of hydrogen-bond donors (Lipinski definition) is 2. The lowest BCUT2D eigenvalue weighted by Gasteiger charge is -2.19. The van der Waals surface area contributed by atoms with Gasteiger partial charge >= 0.3 is 5.97 Å². The van der Waals surface area contributed by atoms with Crippen LogP contribution in [0.2, 0.25) is 0 Å². The first-order valence-corrected chi connectivity index (χ1v) is 6.97. The zero-order valence-corrected chi connectivity index (χ0v) is 12.8. The van der Waals surface area contributed by atoms with Crippen molar-refractivity contribution < 1.29 is 14.7 Å². The normalized spacial score (nSPS) is 12.0. The van der Waals surface area contributed by atoms with Crippen molar-refractivity contribution in [2.75, 3.05) is 0 Å². The quantitative estimate of drug-likeness (QED) is 0.884. The van der Waals surface area contributed by atoms with E-state index in [1.165, 1.54) is 4.68 Å². The fraction of sp³-hybridized carbons (Fsp3) is 0.312. The smallest absolute Gasteiger partial charge is 0.305 e. The minimum Gasteiger partial charge on any atom is -0.481 e. The first kappa shape index (κ1) is 15.8. The van der Waals surface area contributed by atoms with Gasteiger partial charge in [-0.05, 0) is 31.0 Å². The Morgan fingerprint density at radius 2 is 2.00 bits per heavy atom. The number of nitrogens with one attached hydrogen (secondary N) is 1. The fourth-order valence-electron chi connectivity index (χ4n) is 2.45. The van der Waals surface area contributed by atoms with Crippen LogP contribution < -0.4 is 5.32 Å². The molecule has 1 aromatic carbocycles. The molecule has 2 rings (SSSR count). The number of aryl methyl sites for hydroxylation is 3. The molecule has 22 heavy (non-hydrogen) atoms. The maximum absolute atomic E-state index is 12.4. The van der Waals surface area contributed by atoms with Gasteiger partial charge in [-0.3, -0.25) is 14.3 Å². The molecule has 0 aliphatic carbocycles. The van der Waals surface area contributed by atoms with Crippen molar-refractivity contribution in [2.24, 2.45) is 7.05 Å². The van der Waals surface area contributed by atoms with E-state index in [0.29, 0.717) is 5.69 Å². The van der Waals surface area contributed by atoms with E-state index in [1.54, 1.807) is 20.0 Å². The summed E-state index contributed by atoms with van der Waals surface area (Å²) >= 11 is 0. The van der Waals surface area contributed by atoms with E-state index in [2.05, 4.69) is 10.4 Å². The highest BCUT2D eigenvalue weighted by Gasteiger charge is 2.21. The van der Waals surface area contributed by atoms with E-state index in [-0.39, 0.29) is 12.3 Å². The van der Waals surface area contributed by atoms with Gasteiger partial charge in [-0.25, -0.2) is 0 Å². The summed E-state index contributed by atoms with van der Waals surface area (Å²) in [6.45, 7) is 3.69. The van der Waals surface area contributed by atoms with Crippen LogP contribution in [0.3, 0.4) is 0 Å². The molecule has 0 saturated carbocycles. The Morgan fingerprint density at radius 3 is 2.55 bits per heavy atom. The SMILES string of the molecule is Cc1cc(C(=O)NC(CC(=O)O)c2ccccc2C)n(C)n1. The second-order valence-corrected chi connectivity index (χ2v) is 5.28. The van der Waals surface area contributed by atoms with E-state index in [9.17, 15) is 9.59 Å². The van der Waals surface area contributed by atoms with Crippen molar-refractivity contribution in [2.45, 2.75) is 26.3 Å². The van der Waals surface area contributed by atoms with Crippen LogP contribution in [0.1, 0.15) is 39.8 Å². The zero-order chi connectivity index (χ0) is 16.3. The topological polar surface area (TPSA) is 84.2 Å². The molecule has 1 aromatic heterocycles. The number of nitrogens with zero attached hydrogens (tertiary/aromatic N) is 2. The maximum Gasteiger partial charge on any atom is 0.305 e. The third-order valence-corrected chi connectivity index (χ3v) is 3.48. The highest BCUT2D eigenvalue weighted by atomic mass is 16.4. The molecule has 2 aromatic rings. The number of rotatable bonds is 5. The first-order valence-electron chi connectivity index (χ1n) is 6.97. The molecule has 6 nitrogen and oxygen atoms in total. The molecule has 0 bridgehead atoms. The highest BCUT2D eigenvalue weighted by molar-refractivity contribution is 5.93. The van der Waals surface area contributed by atoms with Gasteiger partial charge in [0, 0.05) is 7.05 Å². The summed E-state index contributed by atoms with van der Waals surface area (Å²) in [4.78, 5) is 23.5. The Labute approximate surface area is 128 Å². The van der Waals surface area contributed by atoms with Gasteiger partial charge in [0.2, 0.25) is 0 Å². The summed E-state index contributed by atoms with van der Waals surface area (Å²) in [6.07, 6.45) is -0.173. The Bertz CT molecular complexity index is 706. The lowest BCUT2D eigenvalue weighted by Crippen LogP contribution is -2.32. The number of aliphatic carboxylic acids is 1. The minimum atomic E-state index is -0.963. The van der Waals surface area contributed by atoms with Crippen molar-refractivity contribution in [3.63, 3.8) is 0 Å². The van der Waals surface area contributed by atoms with Gasteiger partial charge in [0.25, 0.3) is 5.91 Å². The third kappa shape index (κ3) is 3.52. The van der Waals surface area contributed by atoms with Crippen molar-refractivity contribution in [1.82, 2.24) is 15.1 Å². The molecule has 1 unspecified atom stereocenters. The maximum atomic E-state index is 12.4. The van der Waals surface area contributed by atoms with E-state index in [1.807, 2.05) is 31.2 Å². The number of carboxylic acid groups (broad SMARTS) is 1. The highest BCUT2D eigenvalue weighted by Crippen LogP contribution is 2.21. The zero-order valence-electron chi connectivity index (χ0n) is 12.8. The number of carbonyl (C=O) groups excluding carboxylic acids is 1. The molecule has 6 heteroatoms. The van der Waals surface area contributed by atoms with Crippen LogP contribution in [0.25, 0.3) is 0 Å². The largest absolute Gasteiger partial charge is 0.481 e. The molecule has 1 heterocycles. The van der Waals surface area contributed by atoms with Gasteiger partial charge in [0.15, 0.2) is 0 Å². The predicted octanol–water partition coefficient (Wildman–Crippen LogP) is 1.98. The van der Waals surface area contributed by atoms with Gasteiger partial charge in [0.05, 0.1) is 18.2 Å². The fourth-order valence-corrected chi connectivity index (χ4v) is 2.45. The van der Waals surface area contributed by atoms with Crippen molar-refractivity contribution in [3.8, 4) is 0 Å². The minimum absolute atomic E-state index is 0.173. The van der Waals surface area contributed by atoms with Gasteiger partial charge in [-0.1, -0.05) is 24.3 Å². The molecule has 1 amide bonds. The predicted molar refractivity (Wildman–Crippen MR) is 81.6 cm³/mol. The molecule has 0 radical (unpaired) electrons. The number of benzene rings is 1. The molecule has 116 valence electrons. The number of carboxylic acids is 1. The molecule has 0 fully saturated rings. The number of amides is 1. The second kappa shape index (κ2) is 6.43. The van der Waals surface area contributed by atoms with Gasteiger partial charge < -0.3 is 10.4 Å². The summed E-state index contributed by atoms with van der Waals surface area (Å²) in [5, 5.41) is 16.0. The van der Waals surface area contributed by atoms with Crippen LogP contribution in [0, 0.1) is 13.8 Å². The molecule has 0 spiro atoms. The van der Waals surface area contributed by atoms with E-state index in [4.69, 9.17) is 5.11 Å². The van der Waals surface area contributed by atoms with E-state index in [0.717, 1.165) is 16.8 Å². The molecular formula is C16H19N3O3. The lowest BCUT2D eigenvalue weighted by molar-refractivity contribution is -0.137. The average molecular weight is 301 g/mol. The third-order valence-electron chi connectivity index (χ3n) is 3.48. The summed E-state index contributed by atoms with van der Waals surface area (Å²) < 4.78 is 1.49. The molecule has 0 saturated heterocycles. The Hall–Kier alpha value is -2.63. The monoisotopic (exact) mass is 301 g/mol. The second-order valence-electron chi connectivity index (χ2n) is 5.28. The lowest BCUT2D eigenvalue weighted by atomic mass is 9.98. The van der Waals surface area contributed by atoms with Crippen LogP contribution >= 0.6 is 0 Å². The van der Waals surface area contributed by atoms with Crippen LogP contribution in [0.15, 0.2) is 30.3 Å². The number of carbonyl (C=O) groups is 2. The standard InChI is InChI=1S/C16H19N3O3/c1-10-6-4-5-7-12(10)13(9-15(20)21)17-16(22)14-8-11(2)18-19(14)3/h4-8,13H,9H2,1-3H3,(H,17,22)(H,20,21). The Morgan fingerprint density at radius 1 is 1.32 bits per heavy atom. The summed E-state index contributed by atoms with van der Waals surface area (Å²) in [7, 11) is 1.68. The summed E-state index contributed by atoms with van der Waals surface area (Å²) in [6, 6.07) is 8.52. The first-order chi connectivity index (χ1) is 10.4. The Kier molecular flexibility index (Phi) is 4.60. The molecule has 2 N–H and O–H groups in total. The molecule has 0 aliphatic rings. The van der Waals surface area contributed by atoms with Crippen LogP contribution in [0.4, 0.5) is 0 Å². The molecular weight excluding hydrogens is 282 g/mol. The van der Waals surface area contributed by atoms with Gasteiger partial charge in [-0.15, -0.1) is 0 Å². The molecule has 1 atom stereocenters. The summed E-state index contributed by atoms with van der Waals surface area (Å²) in [5.41, 5.74) is 2.88. The summed E-state index contributed by atoms with van der Waals surface area (Å²) in [5.74, 6) is -1.30. The van der Waals surface area contributed by atoms with Crippen molar-refractivity contribution >= 4 is 11.9 Å². The van der Waals surface area contributed by atoms with Gasteiger partial charge in [-0.2, -0.15) is 5.10 Å².